The molecular weight excluding hydrogens is 236 g/mol. The maximum absolute atomic E-state index is 11.5. The predicted octanol–water partition coefficient (Wildman–Crippen LogP) is 1.26. The van der Waals surface area contributed by atoms with Crippen LogP contribution in [0.25, 0.3) is 0 Å². The van der Waals surface area contributed by atoms with Crippen molar-refractivity contribution in [2.24, 2.45) is 5.92 Å². The fraction of sp³-hybridized carbons (Fsp3) is 0.750. The highest BCUT2D eigenvalue weighted by Crippen LogP contribution is 2.27. The Kier molecular flexibility index (Phi) is 5.61. The molecule has 1 unspecified atom stereocenters. The minimum atomic E-state index is -1.05. The first-order chi connectivity index (χ1) is 8.49. The molecule has 3 N–H and O–H groups in total. The SMILES string of the molecule is CC(NC(=O)NC(=O)CCC(=O)O)C1CCCC1. The van der Waals surface area contributed by atoms with Gasteiger partial charge < -0.3 is 10.4 Å². The normalized spacial score (nSPS) is 17.2. The molecule has 0 aliphatic heterocycles. The fourth-order valence-electron chi connectivity index (χ4n) is 2.23. The van der Waals surface area contributed by atoms with Crippen molar-refractivity contribution in [1.82, 2.24) is 10.6 Å². The summed E-state index contributed by atoms with van der Waals surface area (Å²) in [5.74, 6) is -1.14. The van der Waals surface area contributed by atoms with Crippen molar-refractivity contribution in [1.29, 1.82) is 0 Å². The van der Waals surface area contributed by atoms with Crippen molar-refractivity contribution >= 4 is 17.9 Å². The first kappa shape index (κ1) is 14.5. The predicted molar refractivity (Wildman–Crippen MR) is 65.0 cm³/mol. The van der Waals surface area contributed by atoms with Crippen molar-refractivity contribution in [3.8, 4) is 0 Å². The Balaban J connectivity index is 2.23. The number of carboxylic acid groups (broad SMARTS) is 1. The molecule has 1 rings (SSSR count). The Morgan fingerprint density at radius 2 is 1.83 bits per heavy atom. The van der Waals surface area contributed by atoms with Gasteiger partial charge in [-0.25, -0.2) is 4.79 Å². The van der Waals surface area contributed by atoms with Gasteiger partial charge in [0.25, 0.3) is 0 Å². The van der Waals surface area contributed by atoms with E-state index in [2.05, 4.69) is 10.6 Å². The molecule has 102 valence electrons. The van der Waals surface area contributed by atoms with Gasteiger partial charge in [0, 0.05) is 12.5 Å². The quantitative estimate of drug-likeness (QED) is 0.690. The van der Waals surface area contributed by atoms with Crippen molar-refractivity contribution < 1.29 is 19.5 Å². The van der Waals surface area contributed by atoms with Gasteiger partial charge in [0.05, 0.1) is 6.42 Å². The van der Waals surface area contributed by atoms with Crippen LogP contribution in [0.3, 0.4) is 0 Å². The van der Waals surface area contributed by atoms with Gasteiger partial charge in [-0.2, -0.15) is 0 Å². The Labute approximate surface area is 106 Å². The first-order valence-electron chi connectivity index (χ1n) is 6.31. The van der Waals surface area contributed by atoms with Crippen molar-refractivity contribution in [3.05, 3.63) is 0 Å². The topological polar surface area (TPSA) is 95.5 Å². The van der Waals surface area contributed by atoms with E-state index in [9.17, 15) is 14.4 Å². The first-order valence-corrected chi connectivity index (χ1v) is 6.31. The number of rotatable bonds is 5. The summed E-state index contributed by atoms with van der Waals surface area (Å²) in [7, 11) is 0. The van der Waals surface area contributed by atoms with Crippen LogP contribution in [0.5, 0.6) is 0 Å². The number of amides is 3. The van der Waals surface area contributed by atoms with Gasteiger partial charge in [-0.15, -0.1) is 0 Å². The number of urea groups is 1. The Morgan fingerprint density at radius 3 is 2.39 bits per heavy atom. The third-order valence-corrected chi connectivity index (χ3v) is 3.28. The van der Waals surface area contributed by atoms with Crippen molar-refractivity contribution in [3.63, 3.8) is 0 Å². The average Bonchev–Trinajstić information content (AvgIpc) is 2.79. The van der Waals surface area contributed by atoms with Crippen LogP contribution in [-0.4, -0.2) is 29.1 Å². The van der Waals surface area contributed by atoms with E-state index in [0.717, 1.165) is 12.8 Å². The molecule has 6 heteroatoms. The summed E-state index contributed by atoms with van der Waals surface area (Å²) in [4.78, 5) is 33.0. The highest BCUT2D eigenvalue weighted by atomic mass is 16.4. The number of hydrogen-bond acceptors (Lipinski definition) is 3. The second kappa shape index (κ2) is 6.98. The smallest absolute Gasteiger partial charge is 0.321 e. The Bertz CT molecular complexity index is 324. The van der Waals surface area contributed by atoms with E-state index in [4.69, 9.17) is 5.11 Å². The molecule has 0 bridgehead atoms. The molecule has 18 heavy (non-hydrogen) atoms. The standard InChI is InChI=1S/C12H20N2O4/c1-8(9-4-2-3-5-9)13-12(18)14-10(15)6-7-11(16)17/h8-9H,2-7H2,1H3,(H,16,17)(H2,13,14,15,18). The summed E-state index contributed by atoms with van der Waals surface area (Å²) in [6.07, 6.45) is 4.15. The molecule has 0 spiro atoms. The van der Waals surface area contributed by atoms with Crippen LogP contribution in [0, 0.1) is 5.92 Å². The minimum absolute atomic E-state index is 0.0415. The molecule has 3 amide bonds. The largest absolute Gasteiger partial charge is 0.481 e. The van der Waals surface area contributed by atoms with E-state index in [-0.39, 0.29) is 18.9 Å². The minimum Gasteiger partial charge on any atom is -0.481 e. The summed E-state index contributed by atoms with van der Waals surface area (Å²) >= 11 is 0. The highest BCUT2D eigenvalue weighted by molar-refractivity contribution is 5.95. The van der Waals surface area contributed by atoms with Crippen LogP contribution in [0.1, 0.15) is 45.4 Å². The maximum atomic E-state index is 11.5. The summed E-state index contributed by atoms with van der Waals surface area (Å²) in [6, 6.07) is -0.496. The lowest BCUT2D eigenvalue weighted by molar-refractivity contribution is -0.138. The maximum Gasteiger partial charge on any atom is 0.321 e. The Hall–Kier alpha value is -1.59. The number of carboxylic acids is 1. The fourth-order valence-corrected chi connectivity index (χ4v) is 2.23. The van der Waals surface area contributed by atoms with Crippen LogP contribution in [0.2, 0.25) is 0 Å². The van der Waals surface area contributed by atoms with Crippen molar-refractivity contribution in [2.45, 2.75) is 51.5 Å². The molecule has 0 aromatic heterocycles. The molecule has 1 aliphatic carbocycles. The number of aliphatic carboxylic acids is 1. The number of nitrogens with one attached hydrogen (secondary N) is 2. The van der Waals surface area contributed by atoms with E-state index in [0.29, 0.717) is 5.92 Å². The molecule has 0 radical (unpaired) electrons. The van der Waals surface area contributed by atoms with E-state index in [1.807, 2.05) is 6.92 Å². The van der Waals surface area contributed by atoms with Crippen LogP contribution < -0.4 is 10.6 Å². The molecule has 1 fully saturated rings. The van der Waals surface area contributed by atoms with Crippen LogP contribution in [-0.2, 0) is 9.59 Å². The average molecular weight is 256 g/mol. The van der Waals surface area contributed by atoms with E-state index >= 15 is 0 Å². The van der Waals surface area contributed by atoms with Crippen molar-refractivity contribution in [2.75, 3.05) is 0 Å². The molecular formula is C12H20N2O4. The molecule has 0 saturated heterocycles. The summed E-state index contributed by atoms with van der Waals surface area (Å²) in [6.45, 7) is 1.93. The van der Waals surface area contributed by atoms with Gasteiger partial charge >= 0.3 is 12.0 Å². The van der Waals surface area contributed by atoms with Gasteiger partial charge in [-0.1, -0.05) is 12.8 Å². The highest BCUT2D eigenvalue weighted by Gasteiger charge is 2.23. The lowest BCUT2D eigenvalue weighted by atomic mass is 10.0. The molecule has 0 aromatic carbocycles. The van der Waals surface area contributed by atoms with Gasteiger partial charge in [-0.05, 0) is 25.7 Å². The summed E-state index contributed by atoms with van der Waals surface area (Å²) < 4.78 is 0. The van der Waals surface area contributed by atoms with E-state index < -0.39 is 17.9 Å². The lowest BCUT2D eigenvalue weighted by Crippen LogP contribution is -2.45. The Morgan fingerprint density at radius 1 is 1.22 bits per heavy atom. The molecule has 1 aliphatic rings. The zero-order chi connectivity index (χ0) is 13.5. The molecule has 0 heterocycles. The van der Waals surface area contributed by atoms with Gasteiger partial charge in [0.1, 0.15) is 0 Å². The summed E-state index contributed by atoms with van der Waals surface area (Å²) in [5, 5.41) is 13.3. The summed E-state index contributed by atoms with van der Waals surface area (Å²) in [5.41, 5.74) is 0. The number of carbonyl (C=O) groups is 3. The second-order valence-corrected chi connectivity index (χ2v) is 4.75. The van der Waals surface area contributed by atoms with Crippen LogP contribution >= 0.6 is 0 Å². The number of hydrogen-bond donors (Lipinski definition) is 3. The van der Waals surface area contributed by atoms with E-state index in [1.54, 1.807) is 0 Å². The van der Waals surface area contributed by atoms with Gasteiger partial charge in [0.2, 0.25) is 5.91 Å². The molecule has 1 atom stereocenters. The molecule has 0 aromatic rings. The zero-order valence-corrected chi connectivity index (χ0v) is 10.6. The van der Waals surface area contributed by atoms with Crippen LogP contribution in [0.15, 0.2) is 0 Å². The number of carbonyl (C=O) groups excluding carboxylic acids is 2. The monoisotopic (exact) mass is 256 g/mol. The number of imide groups is 1. The van der Waals surface area contributed by atoms with Gasteiger partial charge in [0.15, 0.2) is 0 Å². The molecule has 6 nitrogen and oxygen atoms in total. The third kappa shape index (κ3) is 5.16. The molecule has 1 saturated carbocycles. The third-order valence-electron chi connectivity index (χ3n) is 3.28. The zero-order valence-electron chi connectivity index (χ0n) is 10.6. The lowest BCUT2D eigenvalue weighted by Gasteiger charge is -2.20. The van der Waals surface area contributed by atoms with E-state index in [1.165, 1.54) is 12.8 Å². The second-order valence-electron chi connectivity index (χ2n) is 4.75. The van der Waals surface area contributed by atoms with Gasteiger partial charge in [-0.3, -0.25) is 14.9 Å². The van der Waals surface area contributed by atoms with Crippen LogP contribution in [0.4, 0.5) is 4.79 Å².